The van der Waals surface area contributed by atoms with Crippen LogP contribution in [0, 0.1) is 0 Å². The summed E-state index contributed by atoms with van der Waals surface area (Å²) in [6.07, 6.45) is 3.60. The third kappa shape index (κ3) is 6.45. The van der Waals surface area contributed by atoms with E-state index in [1.54, 1.807) is 7.11 Å². The van der Waals surface area contributed by atoms with E-state index in [0.29, 0.717) is 25.1 Å². The number of β-amino-alcohol motifs (C(OH)–C–C–N with tert-alkyl or cyclic N) is 1. The molecule has 2 aromatic heterocycles. The lowest BCUT2D eigenvalue weighted by Gasteiger charge is -2.38. The lowest BCUT2D eigenvalue weighted by Crippen LogP contribution is -2.45. The molecule has 0 spiro atoms. The van der Waals surface area contributed by atoms with Crippen LogP contribution in [0.2, 0.25) is 0 Å². The molecule has 1 saturated heterocycles. The maximum atomic E-state index is 10.7. The second-order valence-corrected chi connectivity index (χ2v) is 10.5. The van der Waals surface area contributed by atoms with Crippen molar-refractivity contribution in [2.45, 2.75) is 37.8 Å². The SMILES string of the molecule is COc1cccc2sc([C@H]3CCN(C[C@H](O)COc4cccc5[nH]ccc45)[C@@H](C)C3)cc12.O=C(O)C(=O)O. The number of aliphatic carboxylic acids is 2. The summed E-state index contributed by atoms with van der Waals surface area (Å²) >= 11 is 1.89. The first-order chi connectivity index (χ1) is 18.3. The Morgan fingerprint density at radius 3 is 2.55 bits per heavy atom. The number of nitrogens with one attached hydrogen (secondary N) is 1. The first-order valence-electron chi connectivity index (χ1n) is 12.4. The fourth-order valence-corrected chi connectivity index (χ4v) is 6.10. The highest BCUT2D eigenvalue weighted by Crippen LogP contribution is 2.40. The van der Waals surface area contributed by atoms with Gasteiger partial charge in [0.1, 0.15) is 24.2 Å². The average molecular weight is 541 g/mol. The number of rotatable bonds is 7. The molecular weight excluding hydrogens is 508 g/mol. The lowest BCUT2D eigenvalue weighted by atomic mass is 9.90. The van der Waals surface area contributed by atoms with Crippen LogP contribution in [-0.4, -0.2) is 76.1 Å². The first kappa shape index (κ1) is 27.4. The molecule has 2 aromatic carbocycles. The number of ether oxygens (including phenoxy) is 2. The van der Waals surface area contributed by atoms with E-state index in [1.165, 1.54) is 15.0 Å². The molecule has 0 bridgehead atoms. The van der Waals surface area contributed by atoms with Crippen LogP contribution in [0.4, 0.5) is 0 Å². The number of nitrogens with zero attached hydrogens (tertiary/aromatic N) is 1. The van der Waals surface area contributed by atoms with E-state index < -0.39 is 18.0 Å². The molecule has 4 N–H and O–H groups in total. The molecule has 0 aliphatic carbocycles. The van der Waals surface area contributed by atoms with E-state index in [-0.39, 0.29) is 0 Å². The summed E-state index contributed by atoms with van der Waals surface area (Å²) in [4.78, 5) is 25.2. The molecule has 1 aliphatic heterocycles. The number of H-pyrrole nitrogens is 1. The summed E-state index contributed by atoms with van der Waals surface area (Å²) in [5.74, 6) is -1.32. The zero-order valence-electron chi connectivity index (χ0n) is 21.3. The van der Waals surface area contributed by atoms with Gasteiger partial charge >= 0.3 is 11.9 Å². The Morgan fingerprint density at radius 1 is 1.11 bits per heavy atom. The minimum atomic E-state index is -1.82. The average Bonchev–Trinajstić information content (AvgIpc) is 3.56. The Kier molecular flexibility index (Phi) is 8.88. The van der Waals surface area contributed by atoms with Crippen LogP contribution >= 0.6 is 11.3 Å². The molecule has 9 nitrogen and oxygen atoms in total. The first-order valence-corrected chi connectivity index (χ1v) is 13.2. The maximum absolute atomic E-state index is 10.7. The third-order valence-electron chi connectivity index (χ3n) is 6.79. The molecule has 3 atom stereocenters. The van der Waals surface area contributed by atoms with Crippen molar-refractivity contribution in [3.63, 3.8) is 0 Å². The molecule has 4 aromatic rings. The number of likely N-dealkylation sites (tertiary alicyclic amines) is 1. The van der Waals surface area contributed by atoms with Crippen LogP contribution in [0.1, 0.15) is 30.6 Å². The number of methoxy groups -OCH3 is 1. The Hall–Kier alpha value is -3.60. The van der Waals surface area contributed by atoms with Crippen molar-refractivity contribution < 1.29 is 34.4 Å². The topological polar surface area (TPSA) is 132 Å². The van der Waals surface area contributed by atoms with Crippen LogP contribution in [0.5, 0.6) is 11.5 Å². The number of thiophene rings is 1. The summed E-state index contributed by atoms with van der Waals surface area (Å²) < 4.78 is 12.8. The van der Waals surface area contributed by atoms with Gasteiger partial charge in [0, 0.05) is 44.6 Å². The molecule has 1 aliphatic rings. The number of aliphatic hydroxyl groups is 1. The summed E-state index contributed by atoms with van der Waals surface area (Å²) in [7, 11) is 1.74. The van der Waals surface area contributed by atoms with Gasteiger partial charge in [-0.1, -0.05) is 12.1 Å². The molecular formula is C28H32N2O7S. The molecule has 10 heteroatoms. The molecule has 38 heavy (non-hydrogen) atoms. The molecule has 3 heterocycles. The maximum Gasteiger partial charge on any atom is 0.414 e. The minimum Gasteiger partial charge on any atom is -0.496 e. The van der Waals surface area contributed by atoms with Crippen molar-refractivity contribution in [2.75, 3.05) is 26.8 Å². The van der Waals surface area contributed by atoms with E-state index in [2.05, 4.69) is 35.0 Å². The number of aromatic amines is 1. The highest BCUT2D eigenvalue weighted by atomic mass is 32.1. The number of hydrogen-bond acceptors (Lipinski definition) is 7. The van der Waals surface area contributed by atoms with Gasteiger partial charge in [-0.15, -0.1) is 11.3 Å². The van der Waals surface area contributed by atoms with E-state index >= 15 is 0 Å². The highest BCUT2D eigenvalue weighted by Gasteiger charge is 2.29. The summed E-state index contributed by atoms with van der Waals surface area (Å²) in [6, 6.07) is 17.0. The van der Waals surface area contributed by atoms with Gasteiger partial charge < -0.3 is 29.8 Å². The predicted molar refractivity (Wildman–Crippen MR) is 146 cm³/mol. The van der Waals surface area contributed by atoms with Crippen molar-refractivity contribution in [3.8, 4) is 11.5 Å². The monoisotopic (exact) mass is 540 g/mol. The Labute approximate surface area is 224 Å². The van der Waals surface area contributed by atoms with Gasteiger partial charge in [-0.2, -0.15) is 0 Å². The lowest BCUT2D eigenvalue weighted by molar-refractivity contribution is -0.159. The van der Waals surface area contributed by atoms with Crippen LogP contribution in [0.3, 0.4) is 0 Å². The van der Waals surface area contributed by atoms with Crippen molar-refractivity contribution in [3.05, 3.63) is 59.6 Å². The van der Waals surface area contributed by atoms with E-state index in [9.17, 15) is 5.11 Å². The van der Waals surface area contributed by atoms with Gasteiger partial charge in [-0.25, -0.2) is 9.59 Å². The largest absolute Gasteiger partial charge is 0.496 e. The molecule has 0 unspecified atom stereocenters. The van der Waals surface area contributed by atoms with E-state index in [0.717, 1.165) is 41.8 Å². The molecule has 1 fully saturated rings. The Balaban J connectivity index is 0.000000505. The van der Waals surface area contributed by atoms with Crippen molar-refractivity contribution in [1.29, 1.82) is 0 Å². The number of carbonyl (C=O) groups is 2. The number of hydrogen-bond donors (Lipinski definition) is 4. The summed E-state index contributed by atoms with van der Waals surface area (Å²) in [5.41, 5.74) is 1.05. The normalized spacial score (nSPS) is 18.5. The molecule has 0 saturated carbocycles. The fraction of sp³-hybridized carbons (Fsp3) is 0.357. The van der Waals surface area contributed by atoms with Gasteiger partial charge in [0.15, 0.2) is 0 Å². The van der Waals surface area contributed by atoms with Crippen LogP contribution in [-0.2, 0) is 9.59 Å². The summed E-state index contributed by atoms with van der Waals surface area (Å²) in [5, 5.41) is 27.7. The second kappa shape index (κ2) is 12.3. The van der Waals surface area contributed by atoms with Gasteiger partial charge in [-0.05, 0) is 68.6 Å². The van der Waals surface area contributed by atoms with Crippen LogP contribution in [0.15, 0.2) is 54.7 Å². The Morgan fingerprint density at radius 2 is 1.84 bits per heavy atom. The van der Waals surface area contributed by atoms with Gasteiger partial charge in [0.05, 0.1) is 7.11 Å². The number of carboxylic acid groups (broad SMARTS) is 2. The van der Waals surface area contributed by atoms with Crippen molar-refractivity contribution >= 4 is 44.3 Å². The predicted octanol–water partition coefficient (Wildman–Crippen LogP) is 4.55. The van der Waals surface area contributed by atoms with Crippen molar-refractivity contribution in [2.24, 2.45) is 0 Å². The molecule has 5 rings (SSSR count). The van der Waals surface area contributed by atoms with Gasteiger partial charge in [0.2, 0.25) is 0 Å². The van der Waals surface area contributed by atoms with Gasteiger partial charge in [-0.3, -0.25) is 4.90 Å². The zero-order valence-corrected chi connectivity index (χ0v) is 22.1. The Bertz CT molecular complexity index is 1390. The number of aliphatic hydroxyl groups excluding tert-OH is 1. The number of carboxylic acids is 2. The standard InChI is InChI=1S/C26H30N2O3S.C2H2O4/c1-17-13-18(26-14-21-23(30-2)6-4-8-25(21)32-26)10-12-28(17)15-19(29)16-31-24-7-3-5-22-20(24)9-11-27-22;3-1(4)2(5)6/h3-9,11,14,17-19,27,29H,10,12-13,15-16H2,1-2H3;(H,3,4)(H,5,6)/t17-,18-,19-;/m0./s1. The number of benzene rings is 2. The summed E-state index contributed by atoms with van der Waals surface area (Å²) in [6.45, 7) is 4.19. The smallest absolute Gasteiger partial charge is 0.414 e. The molecule has 0 amide bonds. The molecule has 202 valence electrons. The molecule has 0 radical (unpaired) electrons. The number of piperidine rings is 1. The number of aromatic nitrogens is 1. The fourth-order valence-electron chi connectivity index (χ4n) is 4.88. The third-order valence-corrected chi connectivity index (χ3v) is 8.05. The van der Waals surface area contributed by atoms with Gasteiger partial charge in [0.25, 0.3) is 0 Å². The second-order valence-electron chi connectivity index (χ2n) is 9.36. The van der Waals surface area contributed by atoms with Crippen LogP contribution < -0.4 is 9.47 Å². The van der Waals surface area contributed by atoms with E-state index in [4.69, 9.17) is 29.3 Å². The van der Waals surface area contributed by atoms with Crippen molar-refractivity contribution in [1.82, 2.24) is 9.88 Å². The zero-order chi connectivity index (χ0) is 27.2. The highest BCUT2D eigenvalue weighted by molar-refractivity contribution is 7.19. The quantitative estimate of drug-likeness (QED) is 0.251. The van der Waals surface area contributed by atoms with E-state index in [1.807, 2.05) is 47.9 Å². The van der Waals surface area contributed by atoms with Crippen LogP contribution in [0.25, 0.3) is 21.0 Å². The number of fused-ring (bicyclic) bond motifs is 2. The minimum absolute atomic E-state index is 0.299.